The largest absolute Gasteiger partial charge is 0.322 e. The monoisotopic (exact) mass is 376 g/mol. The number of aromatic nitrogens is 1. The molecule has 8 heteroatoms. The van der Waals surface area contributed by atoms with Gasteiger partial charge in [0.05, 0.1) is 27.2 Å². The molecule has 6 nitrogen and oxygen atoms in total. The third kappa shape index (κ3) is 5.75. The summed E-state index contributed by atoms with van der Waals surface area (Å²) in [5.74, 6) is -0.257. The normalized spacial score (nSPS) is 11.4. The van der Waals surface area contributed by atoms with Gasteiger partial charge in [-0.2, -0.15) is 5.26 Å². The zero-order valence-electron chi connectivity index (χ0n) is 13.1. The average Bonchev–Trinajstić information content (AvgIpc) is 3.43. The number of rotatable bonds is 4. The zero-order valence-corrected chi connectivity index (χ0v) is 14.6. The van der Waals surface area contributed by atoms with Gasteiger partial charge in [-0.1, -0.05) is 42.5 Å². The number of nitriles is 1. The summed E-state index contributed by atoms with van der Waals surface area (Å²) in [7, 11) is 0. The summed E-state index contributed by atoms with van der Waals surface area (Å²) in [4.78, 5) is 26.5. The number of amides is 2. The Bertz CT molecular complexity index is 806. The molecule has 1 aromatic heterocycles. The predicted octanol–water partition coefficient (Wildman–Crippen LogP) is 4.25. The minimum Gasteiger partial charge on any atom is -0.322 e. The van der Waals surface area contributed by atoms with Gasteiger partial charge in [0.25, 0.3) is 5.91 Å². The number of hydrogen-bond acceptors (Lipinski definition) is 4. The zero-order chi connectivity index (χ0) is 18.2. The van der Waals surface area contributed by atoms with Crippen LogP contribution in [0.4, 0.5) is 11.5 Å². The van der Waals surface area contributed by atoms with Crippen molar-refractivity contribution in [3.8, 4) is 6.07 Å². The van der Waals surface area contributed by atoms with E-state index in [2.05, 4.69) is 15.6 Å². The summed E-state index contributed by atoms with van der Waals surface area (Å²) in [5.41, 5.74) is 0.720. The molecule has 0 aliphatic heterocycles. The molecule has 1 fully saturated rings. The number of nitrogens with one attached hydrogen (secondary N) is 2. The molecular weight excluding hydrogens is 363 g/mol. The van der Waals surface area contributed by atoms with E-state index < -0.39 is 5.91 Å². The first-order valence-electron chi connectivity index (χ1n) is 7.42. The van der Waals surface area contributed by atoms with Gasteiger partial charge in [0, 0.05) is 18.0 Å². The molecule has 128 valence electrons. The van der Waals surface area contributed by atoms with Crippen molar-refractivity contribution in [3.63, 3.8) is 0 Å². The topological polar surface area (TPSA) is 94.9 Å². The first-order valence-corrected chi connectivity index (χ1v) is 8.17. The van der Waals surface area contributed by atoms with E-state index in [1.807, 2.05) is 6.07 Å². The van der Waals surface area contributed by atoms with Crippen LogP contribution in [0.2, 0.25) is 10.0 Å². The maximum absolute atomic E-state index is 12.3. The van der Waals surface area contributed by atoms with Gasteiger partial charge < -0.3 is 10.6 Å². The molecule has 3 rings (SSSR count). The van der Waals surface area contributed by atoms with Gasteiger partial charge >= 0.3 is 0 Å². The minimum absolute atomic E-state index is 0.0593. The highest BCUT2D eigenvalue weighted by atomic mass is 35.5. The van der Waals surface area contributed by atoms with Crippen molar-refractivity contribution >= 4 is 47.0 Å². The van der Waals surface area contributed by atoms with Crippen LogP contribution in [0.5, 0.6) is 0 Å². The van der Waals surface area contributed by atoms with E-state index in [0.29, 0.717) is 12.1 Å². The first-order chi connectivity index (χ1) is 12.0. The average molecular weight is 377 g/mol. The number of nitrogens with zero attached hydrogens (tertiary/aromatic N) is 2. The SMILES string of the molecule is C1CC1.N#Cc1cc(Cl)c(C(=O)Nc2ccnc(NC=O)c2)c(Cl)c1. The van der Waals surface area contributed by atoms with Crippen LogP contribution in [-0.4, -0.2) is 17.3 Å². The molecule has 0 spiro atoms. The third-order valence-electron chi connectivity index (χ3n) is 2.98. The molecule has 25 heavy (non-hydrogen) atoms. The van der Waals surface area contributed by atoms with Crippen LogP contribution in [0, 0.1) is 11.3 Å². The fourth-order valence-electron chi connectivity index (χ4n) is 1.70. The Labute approximate surface area is 154 Å². The maximum atomic E-state index is 12.3. The van der Waals surface area contributed by atoms with Gasteiger partial charge in [-0.3, -0.25) is 9.59 Å². The Morgan fingerprint density at radius 3 is 2.36 bits per heavy atom. The second kappa shape index (κ2) is 9.02. The van der Waals surface area contributed by atoms with Crippen LogP contribution in [0.25, 0.3) is 0 Å². The first kappa shape index (κ1) is 18.7. The van der Waals surface area contributed by atoms with Gasteiger partial charge in [0.2, 0.25) is 6.41 Å². The molecule has 0 atom stereocenters. The summed E-state index contributed by atoms with van der Waals surface area (Å²) in [6.45, 7) is 0. The lowest BCUT2D eigenvalue weighted by atomic mass is 10.1. The summed E-state index contributed by atoms with van der Waals surface area (Å²) in [5, 5.41) is 13.9. The third-order valence-corrected chi connectivity index (χ3v) is 3.57. The van der Waals surface area contributed by atoms with Crippen LogP contribution in [0.1, 0.15) is 35.2 Å². The van der Waals surface area contributed by atoms with E-state index in [9.17, 15) is 9.59 Å². The maximum Gasteiger partial charge on any atom is 0.258 e. The van der Waals surface area contributed by atoms with E-state index in [-0.39, 0.29) is 27.0 Å². The molecule has 0 saturated heterocycles. The van der Waals surface area contributed by atoms with Gasteiger partial charge in [-0.25, -0.2) is 4.98 Å². The van der Waals surface area contributed by atoms with Gasteiger partial charge in [-0.05, 0) is 18.2 Å². The number of pyridine rings is 1. The lowest BCUT2D eigenvalue weighted by molar-refractivity contribution is -0.105. The summed E-state index contributed by atoms with van der Waals surface area (Å²) in [6, 6.07) is 7.62. The number of halogens is 2. The van der Waals surface area contributed by atoms with E-state index in [4.69, 9.17) is 28.5 Å². The highest BCUT2D eigenvalue weighted by molar-refractivity contribution is 6.40. The highest BCUT2D eigenvalue weighted by Crippen LogP contribution is 2.27. The molecular formula is C17H14Cl2N4O2. The van der Waals surface area contributed by atoms with Gasteiger partial charge in [-0.15, -0.1) is 0 Å². The Kier molecular flexibility index (Phi) is 6.75. The van der Waals surface area contributed by atoms with E-state index in [1.54, 1.807) is 6.07 Å². The molecule has 0 bridgehead atoms. The Balaban J connectivity index is 0.000000676. The van der Waals surface area contributed by atoms with Crippen molar-refractivity contribution in [2.75, 3.05) is 10.6 Å². The highest BCUT2D eigenvalue weighted by Gasteiger charge is 2.16. The van der Waals surface area contributed by atoms with Crippen molar-refractivity contribution < 1.29 is 9.59 Å². The van der Waals surface area contributed by atoms with Crippen molar-refractivity contribution in [1.82, 2.24) is 4.98 Å². The number of carbonyl (C=O) groups is 2. The summed E-state index contributed by atoms with van der Waals surface area (Å²) < 4.78 is 0. The standard InChI is InChI=1S/C14H8Cl2N4O2.C3H6/c15-10-3-8(6-17)4-11(16)13(10)14(22)20-9-1-2-18-12(5-9)19-7-21;1-2-3-1/h1-5,7H,(H2,18,19,20,21,22);1-3H2. The van der Waals surface area contributed by atoms with E-state index in [0.717, 1.165) is 0 Å². The number of benzene rings is 1. The van der Waals surface area contributed by atoms with Gasteiger partial charge in [0.1, 0.15) is 5.82 Å². The van der Waals surface area contributed by atoms with Crippen LogP contribution in [0.3, 0.4) is 0 Å². The molecule has 1 aliphatic carbocycles. The van der Waals surface area contributed by atoms with Crippen LogP contribution in [0.15, 0.2) is 30.5 Å². The lowest BCUT2D eigenvalue weighted by Gasteiger charge is -2.09. The molecule has 1 aromatic carbocycles. The molecule has 2 aromatic rings. The molecule has 1 heterocycles. The smallest absolute Gasteiger partial charge is 0.258 e. The minimum atomic E-state index is -0.539. The molecule has 1 aliphatic rings. The second-order valence-electron chi connectivity index (χ2n) is 5.13. The lowest BCUT2D eigenvalue weighted by Crippen LogP contribution is -2.13. The fourth-order valence-corrected chi connectivity index (χ4v) is 2.35. The molecule has 0 unspecified atom stereocenters. The Hall–Kier alpha value is -2.62. The molecule has 2 N–H and O–H groups in total. The van der Waals surface area contributed by atoms with Crippen molar-refractivity contribution in [2.45, 2.75) is 19.3 Å². The quantitative estimate of drug-likeness (QED) is 0.779. The van der Waals surface area contributed by atoms with Crippen LogP contribution >= 0.6 is 23.2 Å². The van der Waals surface area contributed by atoms with E-state index >= 15 is 0 Å². The molecule has 1 saturated carbocycles. The Morgan fingerprint density at radius 2 is 1.84 bits per heavy atom. The van der Waals surface area contributed by atoms with Crippen molar-refractivity contribution in [3.05, 3.63) is 51.6 Å². The van der Waals surface area contributed by atoms with Crippen LogP contribution < -0.4 is 10.6 Å². The van der Waals surface area contributed by atoms with Crippen molar-refractivity contribution in [2.24, 2.45) is 0 Å². The molecule has 0 radical (unpaired) electrons. The summed E-state index contributed by atoms with van der Waals surface area (Å²) in [6.07, 6.45) is 6.39. The predicted molar refractivity (Wildman–Crippen MR) is 96.9 cm³/mol. The fraction of sp³-hybridized carbons (Fsp3) is 0.176. The van der Waals surface area contributed by atoms with Crippen molar-refractivity contribution in [1.29, 1.82) is 5.26 Å². The summed E-state index contributed by atoms with van der Waals surface area (Å²) >= 11 is 12.0. The van der Waals surface area contributed by atoms with Gasteiger partial charge in [0.15, 0.2) is 0 Å². The number of hydrogen-bond donors (Lipinski definition) is 2. The number of carbonyl (C=O) groups excluding carboxylic acids is 2. The number of anilines is 2. The van der Waals surface area contributed by atoms with E-state index in [1.165, 1.54) is 43.7 Å². The Morgan fingerprint density at radius 1 is 1.20 bits per heavy atom. The van der Waals surface area contributed by atoms with Crippen LogP contribution in [-0.2, 0) is 4.79 Å². The molecule has 2 amide bonds. The second-order valence-corrected chi connectivity index (χ2v) is 5.95.